The third-order valence-electron chi connectivity index (χ3n) is 3.27. The normalized spacial score (nSPS) is 25.1. The van der Waals surface area contributed by atoms with Crippen molar-refractivity contribution in [3.63, 3.8) is 0 Å². The van der Waals surface area contributed by atoms with Gasteiger partial charge in [0.15, 0.2) is 0 Å². The topological polar surface area (TPSA) is 25.4 Å². The summed E-state index contributed by atoms with van der Waals surface area (Å²) >= 11 is 0. The molecule has 1 aromatic rings. The number of ether oxygens (including phenoxy) is 1. The Bertz CT molecular complexity index is 307. The van der Waals surface area contributed by atoms with E-state index in [0.29, 0.717) is 12.1 Å². The third kappa shape index (κ3) is 3.09. The number of halogens is 1. The van der Waals surface area contributed by atoms with Gasteiger partial charge >= 0.3 is 0 Å². The molecule has 0 unspecified atom stereocenters. The lowest BCUT2D eigenvalue weighted by Crippen LogP contribution is -2.34. The molecule has 0 radical (unpaired) electrons. The molecule has 0 aliphatic carbocycles. The van der Waals surface area contributed by atoms with Crippen LogP contribution in [0.3, 0.4) is 0 Å². The van der Waals surface area contributed by atoms with Crippen LogP contribution in [-0.2, 0) is 0 Å². The number of likely N-dealkylation sites (N-methyl/N-ethyl adjacent to an activating group) is 1. The minimum Gasteiger partial charge on any atom is -0.490 e. The average molecular weight is 243 g/mol. The van der Waals surface area contributed by atoms with Crippen molar-refractivity contribution in [2.45, 2.75) is 31.8 Å². The van der Waals surface area contributed by atoms with Crippen LogP contribution < -0.4 is 4.74 Å². The second-order valence-electron chi connectivity index (χ2n) is 4.25. The minimum atomic E-state index is 0. The van der Waals surface area contributed by atoms with E-state index < -0.39 is 0 Å². The largest absolute Gasteiger partial charge is 0.490 e. The Labute approximate surface area is 103 Å². The SMILES string of the molecule is C[C@@H]1CC[C@@H](COc2cccnc2)N1C.Cl. The number of rotatable bonds is 3. The van der Waals surface area contributed by atoms with Gasteiger partial charge in [0.05, 0.1) is 6.20 Å². The van der Waals surface area contributed by atoms with Crippen molar-refractivity contribution in [3.05, 3.63) is 24.5 Å². The quantitative estimate of drug-likeness (QED) is 0.814. The summed E-state index contributed by atoms with van der Waals surface area (Å²) in [5.41, 5.74) is 0. The average Bonchev–Trinajstić information content (AvgIpc) is 2.59. The number of likely N-dealkylation sites (tertiary alicyclic amines) is 1. The maximum Gasteiger partial charge on any atom is 0.137 e. The van der Waals surface area contributed by atoms with Gasteiger partial charge in [-0.15, -0.1) is 12.4 Å². The summed E-state index contributed by atoms with van der Waals surface area (Å²) in [6.07, 6.45) is 6.03. The maximum atomic E-state index is 5.70. The summed E-state index contributed by atoms with van der Waals surface area (Å²) in [6.45, 7) is 3.04. The van der Waals surface area contributed by atoms with Gasteiger partial charge in [-0.2, -0.15) is 0 Å². The van der Waals surface area contributed by atoms with Crippen LogP contribution in [-0.4, -0.2) is 35.6 Å². The lowest BCUT2D eigenvalue weighted by Gasteiger charge is -2.23. The van der Waals surface area contributed by atoms with Gasteiger partial charge in [0.2, 0.25) is 0 Å². The molecule has 16 heavy (non-hydrogen) atoms. The number of pyridine rings is 1. The summed E-state index contributed by atoms with van der Waals surface area (Å²) in [5, 5.41) is 0. The Morgan fingerprint density at radius 1 is 1.50 bits per heavy atom. The second kappa shape index (κ2) is 6.06. The highest BCUT2D eigenvalue weighted by atomic mass is 35.5. The van der Waals surface area contributed by atoms with Crippen LogP contribution in [0.4, 0.5) is 0 Å². The molecule has 1 aliphatic heterocycles. The van der Waals surface area contributed by atoms with Gasteiger partial charge in [-0.25, -0.2) is 0 Å². The van der Waals surface area contributed by atoms with Gasteiger partial charge in [0.1, 0.15) is 12.4 Å². The number of hydrogen-bond acceptors (Lipinski definition) is 3. The summed E-state index contributed by atoms with van der Waals surface area (Å²) in [6, 6.07) is 5.09. The standard InChI is InChI=1S/C12H18N2O.ClH/c1-10-5-6-11(14(10)2)9-15-12-4-3-7-13-8-12;/h3-4,7-8,10-11H,5-6,9H2,1-2H3;1H/t10-,11+;/m1./s1. The summed E-state index contributed by atoms with van der Waals surface area (Å²) in [7, 11) is 2.18. The fraction of sp³-hybridized carbons (Fsp3) is 0.583. The van der Waals surface area contributed by atoms with Crippen LogP contribution in [0, 0.1) is 0 Å². The highest BCUT2D eigenvalue weighted by Gasteiger charge is 2.27. The third-order valence-corrected chi connectivity index (χ3v) is 3.27. The lowest BCUT2D eigenvalue weighted by atomic mass is 10.2. The van der Waals surface area contributed by atoms with E-state index in [0.717, 1.165) is 12.4 Å². The lowest BCUT2D eigenvalue weighted by molar-refractivity contribution is 0.174. The summed E-state index contributed by atoms with van der Waals surface area (Å²) in [5.74, 6) is 0.866. The zero-order valence-corrected chi connectivity index (χ0v) is 10.6. The first kappa shape index (κ1) is 13.3. The van der Waals surface area contributed by atoms with Crippen LogP contribution in [0.15, 0.2) is 24.5 Å². The van der Waals surface area contributed by atoms with Crippen LogP contribution in [0.5, 0.6) is 5.75 Å². The van der Waals surface area contributed by atoms with E-state index >= 15 is 0 Å². The van der Waals surface area contributed by atoms with Crippen molar-refractivity contribution >= 4 is 12.4 Å². The van der Waals surface area contributed by atoms with Crippen molar-refractivity contribution in [1.29, 1.82) is 0 Å². The van der Waals surface area contributed by atoms with E-state index in [9.17, 15) is 0 Å². The van der Waals surface area contributed by atoms with Crippen molar-refractivity contribution in [2.75, 3.05) is 13.7 Å². The molecule has 0 amide bonds. The highest BCUT2D eigenvalue weighted by molar-refractivity contribution is 5.85. The summed E-state index contributed by atoms with van der Waals surface area (Å²) in [4.78, 5) is 6.42. The van der Waals surface area contributed by atoms with Gasteiger partial charge < -0.3 is 4.74 Å². The fourth-order valence-electron chi connectivity index (χ4n) is 2.03. The van der Waals surface area contributed by atoms with Crippen molar-refractivity contribution in [3.8, 4) is 5.75 Å². The van der Waals surface area contributed by atoms with E-state index in [1.54, 1.807) is 12.4 Å². The molecule has 4 heteroatoms. The van der Waals surface area contributed by atoms with Crippen molar-refractivity contribution in [1.82, 2.24) is 9.88 Å². The molecule has 1 aliphatic rings. The molecule has 3 nitrogen and oxygen atoms in total. The van der Waals surface area contributed by atoms with Gasteiger partial charge in [0, 0.05) is 18.3 Å². The second-order valence-corrected chi connectivity index (χ2v) is 4.25. The first-order valence-corrected chi connectivity index (χ1v) is 5.52. The maximum absolute atomic E-state index is 5.70. The Balaban J connectivity index is 0.00000128. The van der Waals surface area contributed by atoms with E-state index in [-0.39, 0.29) is 12.4 Å². The van der Waals surface area contributed by atoms with Crippen molar-refractivity contribution in [2.24, 2.45) is 0 Å². The molecule has 1 saturated heterocycles. The molecule has 0 spiro atoms. The van der Waals surface area contributed by atoms with Crippen LogP contribution in [0.2, 0.25) is 0 Å². The van der Waals surface area contributed by atoms with Gasteiger partial charge in [-0.1, -0.05) is 0 Å². The predicted molar refractivity (Wildman–Crippen MR) is 67.2 cm³/mol. The number of nitrogens with zero attached hydrogens (tertiary/aromatic N) is 2. The van der Waals surface area contributed by atoms with Gasteiger partial charge in [-0.3, -0.25) is 9.88 Å². The van der Waals surface area contributed by atoms with Gasteiger partial charge in [0.25, 0.3) is 0 Å². The first-order valence-electron chi connectivity index (χ1n) is 5.52. The highest BCUT2D eigenvalue weighted by Crippen LogP contribution is 2.22. The zero-order chi connectivity index (χ0) is 10.7. The molecular formula is C12H19ClN2O. The molecular weight excluding hydrogens is 224 g/mol. The van der Waals surface area contributed by atoms with E-state index in [2.05, 4.69) is 23.9 Å². The molecule has 2 rings (SSSR count). The molecule has 0 bridgehead atoms. The molecule has 2 atom stereocenters. The summed E-state index contributed by atoms with van der Waals surface area (Å²) < 4.78 is 5.70. The van der Waals surface area contributed by atoms with E-state index in [1.165, 1.54) is 12.8 Å². The van der Waals surface area contributed by atoms with Crippen LogP contribution >= 0.6 is 12.4 Å². The van der Waals surface area contributed by atoms with Crippen molar-refractivity contribution < 1.29 is 4.74 Å². The number of hydrogen-bond donors (Lipinski definition) is 0. The molecule has 0 N–H and O–H groups in total. The Kier molecular flexibility index (Phi) is 5.03. The Morgan fingerprint density at radius 3 is 2.88 bits per heavy atom. The zero-order valence-electron chi connectivity index (χ0n) is 9.80. The smallest absolute Gasteiger partial charge is 0.137 e. The minimum absolute atomic E-state index is 0. The molecule has 0 aromatic carbocycles. The van der Waals surface area contributed by atoms with Crippen LogP contribution in [0.1, 0.15) is 19.8 Å². The van der Waals surface area contributed by atoms with Gasteiger partial charge in [-0.05, 0) is 38.9 Å². The number of aromatic nitrogens is 1. The molecule has 2 heterocycles. The van der Waals surface area contributed by atoms with Crippen LogP contribution in [0.25, 0.3) is 0 Å². The fourth-order valence-corrected chi connectivity index (χ4v) is 2.03. The molecule has 1 fully saturated rings. The predicted octanol–water partition coefficient (Wildman–Crippen LogP) is 2.36. The Hall–Kier alpha value is -0.800. The molecule has 90 valence electrons. The Morgan fingerprint density at radius 2 is 2.31 bits per heavy atom. The molecule has 0 saturated carbocycles. The first-order chi connectivity index (χ1) is 7.27. The van der Waals surface area contributed by atoms with E-state index in [1.807, 2.05) is 12.1 Å². The van der Waals surface area contributed by atoms with E-state index in [4.69, 9.17) is 4.74 Å². The molecule has 1 aromatic heterocycles. The monoisotopic (exact) mass is 242 g/mol.